The molecule has 0 heterocycles. The first-order valence-electron chi connectivity index (χ1n) is 8.30. The number of aromatic hydroxyl groups is 1. The van der Waals surface area contributed by atoms with E-state index in [1.165, 1.54) is 12.1 Å². The number of phenolic OH excluding ortho intramolecular Hbond substituents is 1. The first kappa shape index (κ1) is 21.2. The van der Waals surface area contributed by atoms with Gasteiger partial charge in [-0.15, -0.1) is 0 Å². The summed E-state index contributed by atoms with van der Waals surface area (Å²) in [7, 11) is -3.90. The van der Waals surface area contributed by atoms with Crippen LogP contribution in [0.5, 0.6) is 5.75 Å². The molecule has 0 unspecified atom stereocenters. The van der Waals surface area contributed by atoms with Gasteiger partial charge >= 0.3 is 6.09 Å². The molecule has 1 amide bonds. The van der Waals surface area contributed by atoms with Gasteiger partial charge in [0.2, 0.25) is 10.0 Å². The lowest BCUT2D eigenvalue weighted by Gasteiger charge is -2.19. The molecule has 1 aromatic rings. The third-order valence-corrected chi connectivity index (χ3v) is 4.35. The summed E-state index contributed by atoms with van der Waals surface area (Å²) in [5.41, 5.74) is 0.366. The van der Waals surface area contributed by atoms with Crippen LogP contribution in [0, 0.1) is 0 Å². The minimum atomic E-state index is -3.90. The number of aryl methyl sites for hydroxylation is 1. The molecule has 7 nitrogen and oxygen atoms in total. The van der Waals surface area contributed by atoms with Crippen molar-refractivity contribution in [3.8, 4) is 5.75 Å². The van der Waals surface area contributed by atoms with Gasteiger partial charge < -0.3 is 15.2 Å². The molecule has 0 aliphatic carbocycles. The van der Waals surface area contributed by atoms with Crippen molar-refractivity contribution in [3.05, 3.63) is 23.8 Å². The second kappa shape index (κ2) is 9.05. The van der Waals surface area contributed by atoms with Gasteiger partial charge in [-0.1, -0.05) is 18.9 Å². The average Bonchev–Trinajstić information content (AvgIpc) is 2.43. The molecule has 1 rings (SSSR count). The molecular formula is C17H28N2O5S. The summed E-state index contributed by atoms with van der Waals surface area (Å²) in [6.45, 7) is 6.03. The van der Waals surface area contributed by atoms with E-state index in [4.69, 9.17) is 9.88 Å². The zero-order valence-corrected chi connectivity index (χ0v) is 15.9. The maximum Gasteiger partial charge on any atom is 0.407 e. The summed E-state index contributed by atoms with van der Waals surface area (Å²) in [6, 6.07) is 4.41. The highest BCUT2D eigenvalue weighted by Gasteiger charge is 2.15. The van der Waals surface area contributed by atoms with Crippen molar-refractivity contribution >= 4 is 16.1 Å². The number of benzene rings is 1. The number of ether oxygens (including phenoxy) is 1. The van der Waals surface area contributed by atoms with Gasteiger partial charge in [0.15, 0.2) is 0 Å². The number of primary sulfonamides is 1. The van der Waals surface area contributed by atoms with Gasteiger partial charge in [-0.2, -0.15) is 0 Å². The number of nitrogens with two attached hydrogens (primary N) is 1. The normalized spacial score (nSPS) is 12.0. The molecule has 0 fully saturated rings. The Balaban J connectivity index is 2.22. The molecule has 0 saturated carbocycles. The molecule has 4 N–H and O–H groups in total. The predicted molar refractivity (Wildman–Crippen MR) is 95.9 cm³/mol. The maximum absolute atomic E-state index is 11.5. The fourth-order valence-corrected chi connectivity index (χ4v) is 2.88. The molecule has 0 aromatic heterocycles. The highest BCUT2D eigenvalue weighted by molar-refractivity contribution is 7.89. The Bertz CT molecular complexity index is 681. The van der Waals surface area contributed by atoms with Crippen molar-refractivity contribution in [1.29, 1.82) is 0 Å². The highest BCUT2D eigenvalue weighted by atomic mass is 32.2. The first-order valence-corrected chi connectivity index (χ1v) is 9.85. The van der Waals surface area contributed by atoms with Crippen molar-refractivity contribution in [3.63, 3.8) is 0 Å². The fourth-order valence-electron chi connectivity index (χ4n) is 2.27. The second-order valence-corrected chi connectivity index (χ2v) is 8.47. The molecule has 25 heavy (non-hydrogen) atoms. The van der Waals surface area contributed by atoms with Crippen molar-refractivity contribution < 1.29 is 23.1 Å². The van der Waals surface area contributed by atoms with E-state index in [1.807, 2.05) is 20.8 Å². The van der Waals surface area contributed by atoms with Crippen LogP contribution in [-0.4, -0.2) is 31.8 Å². The van der Waals surface area contributed by atoms with Gasteiger partial charge in [0.25, 0.3) is 0 Å². The molecule has 1 aromatic carbocycles. The van der Waals surface area contributed by atoms with E-state index in [9.17, 15) is 18.3 Å². The Labute approximate surface area is 149 Å². The van der Waals surface area contributed by atoms with E-state index in [2.05, 4.69) is 5.32 Å². The van der Waals surface area contributed by atoms with Crippen LogP contribution in [0.2, 0.25) is 0 Å². The Morgan fingerprint density at radius 1 is 1.20 bits per heavy atom. The summed E-state index contributed by atoms with van der Waals surface area (Å²) in [5, 5.41) is 17.4. The lowest BCUT2D eigenvalue weighted by Crippen LogP contribution is -2.32. The lowest BCUT2D eigenvalue weighted by atomic mass is 10.1. The van der Waals surface area contributed by atoms with Crippen LogP contribution in [0.4, 0.5) is 4.79 Å². The maximum atomic E-state index is 11.5. The minimum Gasteiger partial charge on any atom is -0.507 e. The van der Waals surface area contributed by atoms with Gasteiger partial charge in [-0.3, -0.25) is 0 Å². The SMILES string of the molecule is CC(C)(C)OC(=O)NCCCCCCc1ccc(S(N)(=O)=O)c(O)c1. The highest BCUT2D eigenvalue weighted by Crippen LogP contribution is 2.23. The topological polar surface area (TPSA) is 119 Å². The molecule has 0 atom stereocenters. The number of unbranched alkanes of at least 4 members (excludes halogenated alkanes) is 3. The molecule has 0 bridgehead atoms. The fraction of sp³-hybridized carbons (Fsp3) is 0.588. The number of sulfonamides is 1. The molecule has 142 valence electrons. The number of nitrogens with one attached hydrogen (secondary N) is 1. The van der Waals surface area contributed by atoms with Crippen LogP contribution in [0.1, 0.15) is 52.0 Å². The zero-order chi connectivity index (χ0) is 19.1. The number of amides is 1. The van der Waals surface area contributed by atoms with Crippen LogP contribution in [0.25, 0.3) is 0 Å². The van der Waals surface area contributed by atoms with E-state index < -0.39 is 21.7 Å². The van der Waals surface area contributed by atoms with Gasteiger partial charge in [0.1, 0.15) is 16.2 Å². The number of rotatable bonds is 8. The number of carbonyl (C=O) groups is 1. The molecule has 0 aliphatic rings. The summed E-state index contributed by atoms with van der Waals surface area (Å²) in [5.74, 6) is -0.318. The van der Waals surface area contributed by atoms with Crippen LogP contribution in [-0.2, 0) is 21.2 Å². The first-order chi connectivity index (χ1) is 11.5. The van der Waals surface area contributed by atoms with Crippen molar-refractivity contribution in [2.45, 2.75) is 63.4 Å². The number of phenols is 1. The smallest absolute Gasteiger partial charge is 0.407 e. The van der Waals surface area contributed by atoms with E-state index in [0.717, 1.165) is 37.7 Å². The molecule has 0 aliphatic heterocycles. The van der Waals surface area contributed by atoms with Gasteiger partial charge in [-0.25, -0.2) is 18.4 Å². The van der Waals surface area contributed by atoms with E-state index in [1.54, 1.807) is 6.07 Å². The van der Waals surface area contributed by atoms with Gasteiger partial charge in [0.05, 0.1) is 0 Å². The van der Waals surface area contributed by atoms with Crippen LogP contribution in [0.15, 0.2) is 23.1 Å². The average molecular weight is 372 g/mol. The Morgan fingerprint density at radius 3 is 2.40 bits per heavy atom. The monoisotopic (exact) mass is 372 g/mol. The summed E-state index contributed by atoms with van der Waals surface area (Å²) in [4.78, 5) is 11.2. The number of alkyl carbamates (subject to hydrolysis) is 1. The van der Waals surface area contributed by atoms with Gasteiger partial charge in [0, 0.05) is 6.54 Å². The van der Waals surface area contributed by atoms with Crippen molar-refractivity contribution in [1.82, 2.24) is 5.32 Å². The van der Waals surface area contributed by atoms with E-state index in [-0.39, 0.29) is 10.6 Å². The molecular weight excluding hydrogens is 344 g/mol. The number of hydrogen-bond donors (Lipinski definition) is 3. The van der Waals surface area contributed by atoms with Crippen LogP contribution >= 0.6 is 0 Å². The van der Waals surface area contributed by atoms with E-state index in [0.29, 0.717) is 6.54 Å². The predicted octanol–water partition coefficient (Wildman–Crippen LogP) is 2.67. The van der Waals surface area contributed by atoms with Gasteiger partial charge in [-0.05, 0) is 57.7 Å². The number of carbonyl (C=O) groups excluding carboxylic acids is 1. The van der Waals surface area contributed by atoms with E-state index >= 15 is 0 Å². The van der Waals surface area contributed by atoms with Crippen molar-refractivity contribution in [2.24, 2.45) is 5.14 Å². The Hall–Kier alpha value is -1.80. The summed E-state index contributed by atoms with van der Waals surface area (Å²) in [6.07, 6.45) is 4.01. The summed E-state index contributed by atoms with van der Waals surface area (Å²) >= 11 is 0. The molecule has 0 spiro atoms. The largest absolute Gasteiger partial charge is 0.507 e. The second-order valence-electron chi connectivity index (χ2n) is 6.94. The molecule has 0 radical (unpaired) electrons. The Morgan fingerprint density at radius 2 is 1.84 bits per heavy atom. The van der Waals surface area contributed by atoms with Crippen molar-refractivity contribution in [2.75, 3.05) is 6.54 Å². The van der Waals surface area contributed by atoms with Crippen LogP contribution < -0.4 is 10.5 Å². The van der Waals surface area contributed by atoms with Crippen LogP contribution in [0.3, 0.4) is 0 Å². The lowest BCUT2D eigenvalue weighted by molar-refractivity contribution is 0.0527. The molecule has 0 saturated heterocycles. The standard InChI is InChI=1S/C17H28N2O5S/c1-17(2,3)24-16(21)19-11-7-5-4-6-8-13-9-10-15(14(20)12-13)25(18,22)23/h9-10,12,20H,4-8,11H2,1-3H3,(H,19,21)(H2,18,22,23). The summed E-state index contributed by atoms with van der Waals surface area (Å²) < 4.78 is 27.6. The minimum absolute atomic E-state index is 0.260. The Kier molecular flexibility index (Phi) is 7.69. The zero-order valence-electron chi connectivity index (χ0n) is 15.0. The third kappa shape index (κ3) is 8.74. The number of hydrogen-bond acceptors (Lipinski definition) is 5. The third-order valence-electron chi connectivity index (χ3n) is 3.39. The quantitative estimate of drug-likeness (QED) is 0.606. The molecule has 8 heteroatoms.